The van der Waals surface area contributed by atoms with E-state index in [9.17, 15) is 4.79 Å². The molecule has 43 heavy (non-hydrogen) atoms. The molecule has 3 heterocycles. The fraction of sp³-hybridized carbons (Fsp3) is 0.389. The highest BCUT2D eigenvalue weighted by Crippen LogP contribution is 2.41. The summed E-state index contributed by atoms with van der Waals surface area (Å²) in [5.74, 6) is 0.623. The molecule has 0 aliphatic carbocycles. The van der Waals surface area contributed by atoms with E-state index in [1.54, 1.807) is 0 Å². The van der Waals surface area contributed by atoms with Gasteiger partial charge in [-0.3, -0.25) is 4.68 Å². The third kappa shape index (κ3) is 5.42. The van der Waals surface area contributed by atoms with Crippen LogP contribution in [0.2, 0.25) is 0 Å². The number of esters is 1. The number of ether oxygens (including phenoxy) is 3. The predicted molar refractivity (Wildman–Crippen MR) is 171 cm³/mol. The van der Waals surface area contributed by atoms with Crippen LogP contribution in [0, 0.1) is 6.92 Å². The number of aryl methyl sites for hydroxylation is 4. The summed E-state index contributed by atoms with van der Waals surface area (Å²) in [6, 6.07) is 18.8. The van der Waals surface area contributed by atoms with Gasteiger partial charge in [0.25, 0.3) is 0 Å². The first-order chi connectivity index (χ1) is 21.0. The molecule has 0 saturated carbocycles. The number of carbonyl (C=O) groups is 1. The van der Waals surface area contributed by atoms with E-state index in [2.05, 4.69) is 48.7 Å². The van der Waals surface area contributed by atoms with Gasteiger partial charge in [-0.25, -0.2) is 4.79 Å². The van der Waals surface area contributed by atoms with E-state index in [0.29, 0.717) is 45.1 Å². The molecule has 0 unspecified atom stereocenters. The maximum absolute atomic E-state index is 13.7. The van der Waals surface area contributed by atoms with Gasteiger partial charge in [0.15, 0.2) is 0 Å². The molecular weight excluding hydrogens is 538 g/mol. The zero-order chi connectivity index (χ0) is 29.9. The van der Waals surface area contributed by atoms with Crippen molar-refractivity contribution in [3.63, 3.8) is 0 Å². The normalized spacial score (nSPS) is 13.6. The SMILES string of the molecule is CCOC(=O)c1c(CCCOc2cccc3ccccc23)c2ccc(C)c3c2n1CCCCOCc1nn(C)c(CC)c1-3. The largest absolute Gasteiger partial charge is 0.493 e. The minimum absolute atomic E-state index is 0.263. The summed E-state index contributed by atoms with van der Waals surface area (Å²) in [5.41, 5.74) is 8.36. The number of benzene rings is 3. The van der Waals surface area contributed by atoms with Crippen molar-refractivity contribution >= 4 is 27.6 Å². The highest BCUT2D eigenvalue weighted by molar-refractivity contribution is 6.05. The third-order valence-corrected chi connectivity index (χ3v) is 8.57. The van der Waals surface area contributed by atoms with Crippen molar-refractivity contribution in [1.82, 2.24) is 14.3 Å². The van der Waals surface area contributed by atoms with Gasteiger partial charge in [0, 0.05) is 47.8 Å². The van der Waals surface area contributed by atoms with Crippen LogP contribution in [0.25, 0.3) is 32.8 Å². The van der Waals surface area contributed by atoms with Gasteiger partial charge in [-0.2, -0.15) is 5.10 Å². The van der Waals surface area contributed by atoms with E-state index < -0.39 is 0 Å². The van der Waals surface area contributed by atoms with Gasteiger partial charge in [0.1, 0.15) is 11.4 Å². The highest BCUT2D eigenvalue weighted by Gasteiger charge is 2.29. The average molecular weight is 580 g/mol. The molecule has 0 fully saturated rings. The Balaban J connectivity index is 1.46. The molecule has 0 saturated heterocycles. The molecule has 5 aromatic rings. The molecule has 0 spiro atoms. The van der Waals surface area contributed by atoms with Crippen molar-refractivity contribution in [2.45, 2.75) is 66.0 Å². The standard InChI is InChI=1S/C36H41N3O4/c1-5-30-33-29(37-38(30)4)23-41-21-10-9-20-39-34-28(19-18-24(3)32(33)34)27(35(39)36(40)42-6-2)16-12-22-43-31-17-11-14-25-13-7-8-15-26(25)31/h7-8,11,13-15,17-19H,5-6,9-10,12,16,20-23H2,1-4H3. The van der Waals surface area contributed by atoms with Crippen LogP contribution in [-0.4, -0.2) is 40.1 Å². The molecular formula is C36H41N3O4. The average Bonchev–Trinajstić information content (AvgIpc) is 3.49. The Kier molecular flexibility index (Phi) is 8.52. The Morgan fingerprint density at radius 2 is 1.84 bits per heavy atom. The maximum atomic E-state index is 13.7. The first-order valence-electron chi connectivity index (χ1n) is 15.6. The number of fused-ring (bicyclic) bond motifs is 3. The second kappa shape index (κ2) is 12.6. The van der Waals surface area contributed by atoms with Gasteiger partial charge in [0.05, 0.1) is 31.0 Å². The van der Waals surface area contributed by atoms with Crippen LogP contribution in [0.1, 0.15) is 66.1 Å². The third-order valence-electron chi connectivity index (χ3n) is 8.57. The first-order valence-corrected chi connectivity index (χ1v) is 15.6. The Morgan fingerprint density at radius 1 is 1.00 bits per heavy atom. The number of hydrogen-bond donors (Lipinski definition) is 0. The summed E-state index contributed by atoms with van der Waals surface area (Å²) in [5, 5.41) is 8.28. The van der Waals surface area contributed by atoms with Gasteiger partial charge in [-0.1, -0.05) is 55.5 Å². The lowest BCUT2D eigenvalue weighted by Crippen LogP contribution is -2.15. The lowest BCUT2D eigenvalue weighted by Gasteiger charge is -2.15. The van der Waals surface area contributed by atoms with Crippen LogP contribution in [0.15, 0.2) is 54.6 Å². The van der Waals surface area contributed by atoms with E-state index in [-0.39, 0.29) is 5.97 Å². The van der Waals surface area contributed by atoms with Crippen LogP contribution >= 0.6 is 0 Å². The van der Waals surface area contributed by atoms with Gasteiger partial charge in [0.2, 0.25) is 0 Å². The predicted octanol–water partition coefficient (Wildman–Crippen LogP) is 7.56. The quantitative estimate of drug-likeness (QED) is 0.140. The van der Waals surface area contributed by atoms with Crippen LogP contribution in [0.4, 0.5) is 0 Å². The summed E-state index contributed by atoms with van der Waals surface area (Å²) < 4.78 is 22.3. The monoisotopic (exact) mass is 579 g/mol. The highest BCUT2D eigenvalue weighted by atomic mass is 16.5. The molecule has 0 radical (unpaired) electrons. The second-order valence-corrected chi connectivity index (χ2v) is 11.3. The van der Waals surface area contributed by atoms with Crippen LogP contribution in [0.3, 0.4) is 0 Å². The van der Waals surface area contributed by atoms with Gasteiger partial charge in [-0.05, 0) is 68.5 Å². The second-order valence-electron chi connectivity index (χ2n) is 11.3. The molecule has 0 amide bonds. The van der Waals surface area contributed by atoms with Crippen molar-refractivity contribution in [2.24, 2.45) is 7.05 Å². The Labute approximate surface area is 253 Å². The maximum Gasteiger partial charge on any atom is 0.355 e. The van der Waals surface area contributed by atoms with Crippen molar-refractivity contribution in [3.8, 4) is 16.9 Å². The molecule has 0 N–H and O–H groups in total. The van der Waals surface area contributed by atoms with Crippen molar-refractivity contribution in [3.05, 3.63) is 82.8 Å². The molecule has 0 bridgehead atoms. The summed E-state index contributed by atoms with van der Waals surface area (Å²) in [4.78, 5) is 13.7. The number of rotatable bonds is 8. The topological polar surface area (TPSA) is 67.5 Å². The van der Waals surface area contributed by atoms with Gasteiger partial charge < -0.3 is 18.8 Å². The van der Waals surface area contributed by atoms with Gasteiger partial charge >= 0.3 is 5.97 Å². The zero-order valence-corrected chi connectivity index (χ0v) is 25.7. The number of hydrogen-bond acceptors (Lipinski definition) is 5. The van der Waals surface area contributed by atoms with Crippen molar-refractivity contribution in [1.29, 1.82) is 0 Å². The molecule has 6 rings (SSSR count). The Morgan fingerprint density at radius 3 is 2.67 bits per heavy atom. The smallest absolute Gasteiger partial charge is 0.355 e. The van der Waals surface area contributed by atoms with Crippen LogP contribution in [-0.2, 0) is 42.5 Å². The van der Waals surface area contributed by atoms with Crippen LogP contribution in [0.5, 0.6) is 5.75 Å². The van der Waals surface area contributed by atoms with E-state index in [4.69, 9.17) is 19.3 Å². The molecule has 3 aromatic carbocycles. The lowest BCUT2D eigenvalue weighted by molar-refractivity contribution is 0.0512. The number of aromatic nitrogens is 3. The van der Waals surface area contributed by atoms with Crippen LogP contribution < -0.4 is 4.74 Å². The fourth-order valence-corrected chi connectivity index (χ4v) is 6.65. The van der Waals surface area contributed by atoms with E-state index >= 15 is 0 Å². The summed E-state index contributed by atoms with van der Waals surface area (Å²) in [6.07, 6.45) is 4.12. The molecule has 1 aliphatic rings. The lowest BCUT2D eigenvalue weighted by atomic mass is 9.93. The van der Waals surface area contributed by atoms with Crippen molar-refractivity contribution < 1.29 is 19.0 Å². The molecule has 7 nitrogen and oxygen atoms in total. The summed E-state index contributed by atoms with van der Waals surface area (Å²) >= 11 is 0. The summed E-state index contributed by atoms with van der Waals surface area (Å²) in [6.45, 7) is 8.92. The molecule has 7 heteroatoms. The number of nitrogens with zero attached hydrogens (tertiary/aromatic N) is 3. The zero-order valence-electron chi connectivity index (χ0n) is 25.7. The molecule has 2 aromatic heterocycles. The first kappa shape index (κ1) is 29.0. The molecule has 1 aliphatic heterocycles. The number of carbonyl (C=O) groups excluding carboxylic acids is 1. The molecule has 224 valence electrons. The minimum Gasteiger partial charge on any atom is -0.493 e. The molecule has 0 atom stereocenters. The summed E-state index contributed by atoms with van der Waals surface area (Å²) in [7, 11) is 2.01. The minimum atomic E-state index is -0.263. The Bertz CT molecular complexity index is 1780. The van der Waals surface area contributed by atoms with E-state index in [1.165, 1.54) is 5.69 Å². The Hall–Kier alpha value is -4.10. The van der Waals surface area contributed by atoms with Gasteiger partial charge in [-0.15, -0.1) is 0 Å². The van der Waals surface area contributed by atoms with E-state index in [0.717, 1.165) is 81.1 Å². The fourth-order valence-electron chi connectivity index (χ4n) is 6.65. The van der Waals surface area contributed by atoms with E-state index in [1.807, 2.05) is 42.9 Å². The van der Waals surface area contributed by atoms with Crippen molar-refractivity contribution in [2.75, 3.05) is 19.8 Å².